The van der Waals surface area contributed by atoms with Gasteiger partial charge in [0, 0.05) is 17.2 Å². The Morgan fingerprint density at radius 2 is 1.75 bits per heavy atom. The number of carbonyl (C=O) groups is 2. The molecule has 2 aromatic carbocycles. The standard InChI is InChI=1S/C14H16O3.C7H7NO2S/c1-9(7-13(15)16)14(17)12-6-5-10-3-2-4-11(10)8-12;9-11(10)5-6-1-3-7(8-11)4-2-6/h5-6,8-9H,2-4,7H2,1H3,(H,15,16);1-4,8H,5H2. The van der Waals surface area contributed by atoms with E-state index in [-0.39, 0.29) is 18.0 Å². The molecule has 2 N–H and O–H groups in total. The van der Waals surface area contributed by atoms with Crippen LogP contribution in [0.15, 0.2) is 42.5 Å². The zero-order valence-electron chi connectivity index (χ0n) is 15.6. The maximum Gasteiger partial charge on any atom is 0.304 e. The van der Waals surface area contributed by atoms with Crippen LogP contribution in [0, 0.1) is 5.92 Å². The van der Waals surface area contributed by atoms with Crippen molar-refractivity contribution in [2.75, 3.05) is 4.72 Å². The lowest BCUT2D eigenvalue weighted by Gasteiger charge is -2.09. The van der Waals surface area contributed by atoms with Gasteiger partial charge in [0.2, 0.25) is 10.0 Å². The fourth-order valence-electron chi connectivity index (χ4n) is 3.47. The van der Waals surface area contributed by atoms with Gasteiger partial charge < -0.3 is 5.11 Å². The van der Waals surface area contributed by atoms with Gasteiger partial charge in [0.1, 0.15) is 0 Å². The summed E-state index contributed by atoms with van der Waals surface area (Å²) in [4.78, 5) is 22.6. The van der Waals surface area contributed by atoms with Gasteiger partial charge in [0.05, 0.1) is 12.2 Å². The van der Waals surface area contributed by atoms with E-state index in [2.05, 4.69) is 4.72 Å². The summed E-state index contributed by atoms with van der Waals surface area (Å²) in [7, 11) is -3.10. The third kappa shape index (κ3) is 4.98. The minimum atomic E-state index is -3.10. The van der Waals surface area contributed by atoms with Crippen LogP contribution in [0.2, 0.25) is 0 Å². The molecule has 1 unspecified atom stereocenters. The summed E-state index contributed by atoms with van der Waals surface area (Å²) in [6.07, 6.45) is 3.17. The minimum Gasteiger partial charge on any atom is -0.481 e. The number of aryl methyl sites for hydroxylation is 2. The molecule has 148 valence electrons. The zero-order valence-corrected chi connectivity index (χ0v) is 16.5. The number of carboxylic acids is 1. The Labute approximate surface area is 164 Å². The van der Waals surface area contributed by atoms with E-state index < -0.39 is 21.9 Å². The summed E-state index contributed by atoms with van der Waals surface area (Å²) < 4.78 is 24.6. The van der Waals surface area contributed by atoms with E-state index in [4.69, 9.17) is 5.11 Å². The molecule has 0 saturated carbocycles. The number of carboxylic acid groups (broad SMARTS) is 1. The molecule has 0 spiro atoms. The van der Waals surface area contributed by atoms with E-state index in [1.165, 1.54) is 11.1 Å². The molecule has 0 radical (unpaired) electrons. The van der Waals surface area contributed by atoms with Gasteiger partial charge >= 0.3 is 5.97 Å². The quantitative estimate of drug-likeness (QED) is 0.765. The molecule has 0 fully saturated rings. The molecule has 2 aromatic rings. The maximum atomic E-state index is 12.0. The minimum absolute atomic E-state index is 0.0675. The number of benzene rings is 2. The van der Waals surface area contributed by atoms with Crippen LogP contribution in [-0.4, -0.2) is 25.3 Å². The Bertz CT molecular complexity index is 965. The predicted octanol–water partition coefficient (Wildman–Crippen LogP) is 3.41. The number of Topliss-reactive ketones (excluding diaryl/α,β-unsaturated/α-hetero) is 1. The molecule has 2 bridgehead atoms. The van der Waals surface area contributed by atoms with Crippen molar-refractivity contribution in [3.63, 3.8) is 0 Å². The Morgan fingerprint density at radius 3 is 2.43 bits per heavy atom. The Kier molecular flexibility index (Phi) is 5.84. The largest absolute Gasteiger partial charge is 0.481 e. The number of anilines is 1. The summed E-state index contributed by atoms with van der Waals surface area (Å²) >= 11 is 0. The molecule has 7 heteroatoms. The van der Waals surface area contributed by atoms with Gasteiger partial charge in [-0.05, 0) is 54.2 Å². The monoisotopic (exact) mass is 401 g/mol. The molecule has 1 aliphatic carbocycles. The number of sulfonamides is 1. The van der Waals surface area contributed by atoms with Gasteiger partial charge in [-0.3, -0.25) is 14.3 Å². The van der Waals surface area contributed by atoms with E-state index in [1.54, 1.807) is 19.1 Å². The number of fused-ring (bicyclic) bond motifs is 5. The number of rotatable bonds is 4. The molecule has 5 rings (SSSR count). The summed E-state index contributed by atoms with van der Waals surface area (Å²) in [5.74, 6) is -1.36. The van der Waals surface area contributed by atoms with Gasteiger partial charge in [-0.25, -0.2) is 8.42 Å². The second-order valence-corrected chi connectivity index (χ2v) is 8.98. The van der Waals surface area contributed by atoms with E-state index in [0.29, 0.717) is 11.3 Å². The highest BCUT2D eigenvalue weighted by Gasteiger charge is 2.20. The first kappa shape index (κ1) is 20.1. The Morgan fingerprint density at radius 1 is 1.07 bits per heavy atom. The molecule has 28 heavy (non-hydrogen) atoms. The second kappa shape index (κ2) is 8.14. The SMILES string of the molecule is CC(CC(=O)O)C(=O)c1ccc2c(c1)CCC2.O=S1(=O)Cc2ccc(cc2)N1. The highest BCUT2D eigenvalue weighted by molar-refractivity contribution is 7.91. The van der Waals surface area contributed by atoms with Crippen LogP contribution >= 0.6 is 0 Å². The Hall–Kier alpha value is -2.67. The normalized spacial score (nSPS) is 16.8. The van der Waals surface area contributed by atoms with Crippen LogP contribution in [0.3, 0.4) is 0 Å². The molecule has 0 saturated heterocycles. The molecule has 0 amide bonds. The third-order valence-corrected chi connectivity index (χ3v) is 6.16. The smallest absolute Gasteiger partial charge is 0.304 e. The first-order valence-electron chi connectivity index (χ1n) is 9.21. The highest BCUT2D eigenvalue weighted by Crippen LogP contribution is 2.24. The fourth-order valence-corrected chi connectivity index (χ4v) is 4.67. The summed E-state index contributed by atoms with van der Waals surface area (Å²) in [6.45, 7) is 1.67. The first-order valence-corrected chi connectivity index (χ1v) is 10.9. The van der Waals surface area contributed by atoms with Crippen molar-refractivity contribution in [3.8, 4) is 0 Å². The van der Waals surface area contributed by atoms with Gasteiger partial charge in [-0.1, -0.05) is 31.2 Å². The van der Waals surface area contributed by atoms with Gasteiger partial charge in [-0.15, -0.1) is 0 Å². The molecule has 2 aliphatic heterocycles. The molecule has 6 nitrogen and oxygen atoms in total. The maximum absolute atomic E-state index is 12.0. The second-order valence-electron chi connectivity index (χ2n) is 7.26. The van der Waals surface area contributed by atoms with Crippen molar-refractivity contribution in [1.82, 2.24) is 0 Å². The van der Waals surface area contributed by atoms with Crippen molar-refractivity contribution in [3.05, 3.63) is 64.7 Å². The van der Waals surface area contributed by atoms with Gasteiger partial charge in [-0.2, -0.15) is 0 Å². The predicted molar refractivity (Wildman–Crippen MR) is 107 cm³/mol. The van der Waals surface area contributed by atoms with E-state index in [1.807, 2.05) is 30.3 Å². The van der Waals surface area contributed by atoms with Crippen molar-refractivity contribution in [2.24, 2.45) is 5.92 Å². The lowest BCUT2D eigenvalue weighted by atomic mass is 9.94. The third-order valence-electron chi connectivity index (χ3n) is 4.90. The number of aliphatic carboxylic acids is 1. The van der Waals surface area contributed by atoms with E-state index in [0.717, 1.165) is 24.8 Å². The van der Waals surface area contributed by atoms with Crippen molar-refractivity contribution in [2.45, 2.75) is 38.4 Å². The average Bonchev–Trinajstić information content (AvgIpc) is 2.98. The topological polar surface area (TPSA) is 101 Å². The highest BCUT2D eigenvalue weighted by atomic mass is 32.2. The number of hydrogen-bond donors (Lipinski definition) is 2. The Balaban J connectivity index is 0.000000176. The number of nitrogens with one attached hydrogen (secondary N) is 1. The lowest BCUT2D eigenvalue weighted by Crippen LogP contribution is -2.15. The number of carbonyl (C=O) groups excluding carboxylic acids is 1. The van der Waals surface area contributed by atoms with Gasteiger partial charge in [0.25, 0.3) is 0 Å². The van der Waals surface area contributed by atoms with Crippen molar-refractivity contribution < 1.29 is 23.1 Å². The average molecular weight is 401 g/mol. The first-order chi connectivity index (χ1) is 13.2. The molecule has 3 aliphatic rings. The molecule has 2 heterocycles. The van der Waals surface area contributed by atoms with Crippen LogP contribution in [0.25, 0.3) is 0 Å². The van der Waals surface area contributed by atoms with Crippen LogP contribution in [0.5, 0.6) is 0 Å². The molecule has 0 aromatic heterocycles. The van der Waals surface area contributed by atoms with Gasteiger partial charge in [0.15, 0.2) is 5.78 Å². The lowest BCUT2D eigenvalue weighted by molar-refractivity contribution is -0.137. The molecular formula is C21H23NO5S. The summed E-state index contributed by atoms with van der Waals surface area (Å²) in [5.41, 5.74) is 4.70. The van der Waals surface area contributed by atoms with Crippen LogP contribution < -0.4 is 4.72 Å². The molecule has 1 atom stereocenters. The fraction of sp³-hybridized carbons (Fsp3) is 0.333. The van der Waals surface area contributed by atoms with E-state index in [9.17, 15) is 18.0 Å². The number of hydrogen-bond acceptors (Lipinski definition) is 4. The van der Waals surface area contributed by atoms with Crippen LogP contribution in [0.1, 0.15) is 46.8 Å². The van der Waals surface area contributed by atoms with Crippen molar-refractivity contribution in [1.29, 1.82) is 0 Å². The van der Waals surface area contributed by atoms with Crippen LogP contribution in [-0.2, 0) is 33.4 Å². The van der Waals surface area contributed by atoms with Crippen molar-refractivity contribution >= 4 is 27.5 Å². The summed E-state index contributed by atoms with van der Waals surface area (Å²) in [6, 6.07) is 12.9. The summed E-state index contributed by atoms with van der Waals surface area (Å²) in [5, 5.41) is 8.68. The van der Waals surface area contributed by atoms with E-state index >= 15 is 0 Å². The molecular weight excluding hydrogens is 378 g/mol. The van der Waals surface area contributed by atoms with Crippen LogP contribution in [0.4, 0.5) is 5.69 Å². The zero-order chi connectivity index (χ0) is 20.3. The number of ketones is 1.